The van der Waals surface area contributed by atoms with Crippen molar-refractivity contribution in [3.8, 4) is 0 Å². The average molecular weight is 462 g/mol. The third-order valence-corrected chi connectivity index (χ3v) is 7.72. The maximum Gasteiger partial charge on any atom is 0.312 e. The highest BCUT2D eigenvalue weighted by molar-refractivity contribution is 7.91. The van der Waals surface area contributed by atoms with Crippen LogP contribution in [-0.4, -0.2) is 21.5 Å². The Bertz CT molecular complexity index is 701. The van der Waals surface area contributed by atoms with Gasteiger partial charge in [0.1, 0.15) is 22.7 Å². The van der Waals surface area contributed by atoms with Gasteiger partial charge >= 0.3 is 5.97 Å². The number of carbonyl (C=O) groups is 1. The predicted molar refractivity (Wildman–Crippen MR) is 135 cm³/mol. The highest BCUT2D eigenvalue weighted by atomic mass is 32.2. The van der Waals surface area contributed by atoms with Gasteiger partial charge in [0.25, 0.3) is 0 Å². The van der Waals surface area contributed by atoms with Gasteiger partial charge in [-0.3, -0.25) is 4.79 Å². The lowest BCUT2D eigenvalue weighted by Crippen LogP contribution is -2.33. The van der Waals surface area contributed by atoms with Gasteiger partial charge < -0.3 is 9.29 Å². The minimum atomic E-state index is -1.28. The average Bonchev–Trinajstić information content (AvgIpc) is 2.77. The minimum Gasteiger partial charge on any atom is -0.591 e. The molecule has 0 spiro atoms. The van der Waals surface area contributed by atoms with Gasteiger partial charge in [-0.1, -0.05) is 86.1 Å². The normalized spacial score (nSPS) is 25.3. The molecule has 0 N–H and O–H groups in total. The Morgan fingerprint density at radius 2 is 1.69 bits per heavy atom. The van der Waals surface area contributed by atoms with Crippen molar-refractivity contribution in [3.63, 3.8) is 0 Å². The van der Waals surface area contributed by atoms with Crippen LogP contribution >= 0.6 is 0 Å². The fourth-order valence-electron chi connectivity index (χ4n) is 4.27. The van der Waals surface area contributed by atoms with Crippen molar-refractivity contribution in [1.82, 2.24) is 0 Å². The van der Waals surface area contributed by atoms with Crippen LogP contribution in [0.3, 0.4) is 0 Å². The van der Waals surface area contributed by atoms with Crippen molar-refractivity contribution < 1.29 is 14.1 Å². The number of hydrogen-bond donors (Lipinski definition) is 0. The van der Waals surface area contributed by atoms with Gasteiger partial charge in [-0.15, -0.1) is 0 Å². The van der Waals surface area contributed by atoms with E-state index >= 15 is 0 Å². The van der Waals surface area contributed by atoms with E-state index in [9.17, 15) is 9.35 Å². The maximum atomic E-state index is 13.3. The molecule has 0 aliphatic heterocycles. The first kappa shape index (κ1) is 26.9. The van der Waals surface area contributed by atoms with Crippen molar-refractivity contribution in [2.24, 2.45) is 15.7 Å². The molecular weight excluding hydrogens is 418 g/mol. The molecule has 3 atom stereocenters. The van der Waals surface area contributed by atoms with Gasteiger partial charge in [-0.25, -0.2) is 0 Å². The molecule has 1 aliphatic carbocycles. The SMILES string of the molecule is CC1(C(=O)OCc2ccccc2)CCCCCCCCCCC(/C=N\[S@@+]([O-])C(C)(C)C)C1. The van der Waals surface area contributed by atoms with Crippen LogP contribution in [0, 0.1) is 11.3 Å². The van der Waals surface area contributed by atoms with Crippen molar-refractivity contribution in [1.29, 1.82) is 0 Å². The van der Waals surface area contributed by atoms with Crippen LogP contribution in [0.4, 0.5) is 0 Å². The van der Waals surface area contributed by atoms with Crippen molar-refractivity contribution >= 4 is 23.5 Å². The highest BCUT2D eigenvalue weighted by Crippen LogP contribution is 2.36. The molecule has 0 radical (unpaired) electrons. The molecule has 0 heterocycles. The molecule has 0 aromatic heterocycles. The highest BCUT2D eigenvalue weighted by Gasteiger charge is 2.37. The van der Waals surface area contributed by atoms with Gasteiger partial charge in [0.15, 0.2) is 0 Å². The van der Waals surface area contributed by atoms with Crippen LogP contribution in [0.15, 0.2) is 34.7 Å². The third kappa shape index (κ3) is 9.66. The summed E-state index contributed by atoms with van der Waals surface area (Å²) in [6.07, 6.45) is 14.0. The molecule has 1 aromatic carbocycles. The van der Waals surface area contributed by atoms with Gasteiger partial charge in [-0.2, -0.15) is 0 Å². The molecule has 1 aromatic rings. The summed E-state index contributed by atoms with van der Waals surface area (Å²) in [6, 6.07) is 9.86. The summed E-state index contributed by atoms with van der Waals surface area (Å²) >= 11 is -1.28. The van der Waals surface area contributed by atoms with E-state index in [0.717, 1.165) is 37.7 Å². The quantitative estimate of drug-likeness (QED) is 0.265. The van der Waals surface area contributed by atoms with Crippen molar-refractivity contribution in [2.45, 2.75) is 110 Å². The van der Waals surface area contributed by atoms with Crippen LogP contribution < -0.4 is 0 Å². The topological polar surface area (TPSA) is 61.7 Å². The lowest BCUT2D eigenvalue weighted by molar-refractivity contribution is -0.157. The van der Waals surface area contributed by atoms with Crippen molar-refractivity contribution in [2.75, 3.05) is 0 Å². The second kappa shape index (κ2) is 13.4. The zero-order chi connectivity index (χ0) is 23.5. The summed E-state index contributed by atoms with van der Waals surface area (Å²) in [6.45, 7) is 8.19. The molecule has 5 heteroatoms. The lowest BCUT2D eigenvalue weighted by Gasteiger charge is -2.30. The molecule has 180 valence electrons. The Balaban J connectivity index is 2.15. The second-order valence-corrected chi connectivity index (χ2v) is 12.5. The smallest absolute Gasteiger partial charge is 0.312 e. The van der Waals surface area contributed by atoms with E-state index in [-0.39, 0.29) is 16.6 Å². The summed E-state index contributed by atoms with van der Waals surface area (Å²) in [7, 11) is 0. The molecule has 2 unspecified atom stereocenters. The Morgan fingerprint density at radius 1 is 1.09 bits per heavy atom. The number of rotatable bonds is 5. The molecule has 0 saturated heterocycles. The minimum absolute atomic E-state index is 0.119. The first-order chi connectivity index (χ1) is 15.2. The first-order valence-electron chi connectivity index (χ1n) is 12.4. The van der Waals surface area contributed by atoms with Gasteiger partial charge in [-0.05, 0) is 58.4 Å². The fraction of sp³-hybridized carbons (Fsp3) is 0.704. The number of benzene rings is 1. The summed E-state index contributed by atoms with van der Waals surface area (Å²) in [5, 5.41) is 0. The number of hydrogen-bond acceptors (Lipinski definition) is 4. The van der Waals surface area contributed by atoms with Gasteiger partial charge in [0, 0.05) is 0 Å². The van der Waals surface area contributed by atoms with Crippen molar-refractivity contribution in [3.05, 3.63) is 35.9 Å². The molecule has 1 saturated carbocycles. The van der Waals surface area contributed by atoms with Gasteiger partial charge in [0.2, 0.25) is 0 Å². The Labute approximate surface area is 198 Å². The van der Waals surface area contributed by atoms with Crippen LogP contribution in [0.5, 0.6) is 0 Å². The monoisotopic (exact) mass is 461 g/mol. The van der Waals surface area contributed by atoms with Crippen LogP contribution in [0.2, 0.25) is 0 Å². The van der Waals surface area contributed by atoms with Crippen LogP contribution in [0.25, 0.3) is 0 Å². The largest absolute Gasteiger partial charge is 0.591 e. The standard InChI is InChI=1S/C27H43NO3S/c1-26(2,3)32(30)28-21-24-18-12-9-7-5-6-8-10-15-19-27(4,20-24)25(29)31-22-23-16-13-11-14-17-23/h11,13-14,16-17,21,24H,5-10,12,15,18-20,22H2,1-4H3/b28-21-/t24?,27?,32-/m0/s1. The molecule has 1 aliphatic rings. The van der Waals surface area contributed by atoms with Crippen LogP contribution in [0.1, 0.15) is 104 Å². The Hall–Kier alpha value is -1.33. The summed E-state index contributed by atoms with van der Waals surface area (Å²) in [5.41, 5.74) is 0.454. The third-order valence-electron chi connectivity index (χ3n) is 6.36. The molecule has 0 amide bonds. The zero-order valence-corrected chi connectivity index (χ0v) is 21.4. The molecule has 1 fully saturated rings. The maximum absolute atomic E-state index is 13.3. The number of carbonyl (C=O) groups excluding carboxylic acids is 1. The van der Waals surface area contributed by atoms with E-state index in [0.29, 0.717) is 13.0 Å². The van der Waals surface area contributed by atoms with E-state index in [1.54, 1.807) is 0 Å². The summed E-state index contributed by atoms with van der Waals surface area (Å²) < 4.78 is 22.4. The number of esters is 1. The molecule has 2 rings (SSSR count). The van der Waals surface area contributed by atoms with E-state index in [2.05, 4.69) is 11.3 Å². The molecule has 4 nitrogen and oxygen atoms in total. The second-order valence-electron chi connectivity index (χ2n) is 10.6. The van der Waals surface area contributed by atoms with E-state index in [1.807, 2.05) is 57.3 Å². The fourth-order valence-corrected chi connectivity index (χ4v) is 4.87. The predicted octanol–water partition coefficient (Wildman–Crippen LogP) is 7.19. The summed E-state index contributed by atoms with van der Waals surface area (Å²) in [5.74, 6) is 0.0166. The number of nitrogens with zero attached hydrogens (tertiary/aromatic N) is 1. The Morgan fingerprint density at radius 3 is 2.31 bits per heavy atom. The molecule has 0 bridgehead atoms. The Kier molecular flexibility index (Phi) is 11.3. The van der Waals surface area contributed by atoms with E-state index in [4.69, 9.17) is 4.74 Å². The zero-order valence-electron chi connectivity index (χ0n) is 20.6. The molecular formula is C27H43NO3S. The lowest BCUT2D eigenvalue weighted by atomic mass is 9.76. The van der Waals surface area contributed by atoms with E-state index in [1.165, 1.54) is 32.1 Å². The molecule has 32 heavy (non-hydrogen) atoms. The number of ether oxygens (including phenoxy) is 1. The van der Waals surface area contributed by atoms with E-state index < -0.39 is 16.8 Å². The van der Waals surface area contributed by atoms with Crippen LogP contribution in [-0.2, 0) is 27.5 Å². The van der Waals surface area contributed by atoms with Gasteiger partial charge in [0.05, 0.1) is 11.6 Å². The first-order valence-corrected chi connectivity index (χ1v) is 13.5. The summed E-state index contributed by atoms with van der Waals surface area (Å²) in [4.78, 5) is 13.3.